The van der Waals surface area contributed by atoms with Crippen molar-refractivity contribution in [2.24, 2.45) is 0 Å². The molecule has 0 N–H and O–H groups in total. The van der Waals surface area contributed by atoms with Gasteiger partial charge in [0.2, 0.25) is 0 Å². The summed E-state index contributed by atoms with van der Waals surface area (Å²) in [5, 5.41) is 2.55. The van der Waals surface area contributed by atoms with Gasteiger partial charge in [-0.2, -0.15) is 0 Å². The second kappa shape index (κ2) is 9.22. The molecule has 1 aromatic heterocycles. The molecule has 5 rings (SSSR count). The summed E-state index contributed by atoms with van der Waals surface area (Å²) in [6, 6.07) is 22.8. The number of anilines is 1. The Morgan fingerprint density at radius 3 is 2.33 bits per heavy atom. The van der Waals surface area contributed by atoms with Gasteiger partial charge in [-0.15, -0.1) is 0 Å². The van der Waals surface area contributed by atoms with E-state index in [4.69, 9.17) is 39.8 Å². The van der Waals surface area contributed by atoms with E-state index >= 15 is 0 Å². The van der Waals surface area contributed by atoms with Crippen LogP contribution in [0.25, 0.3) is 22.2 Å². The van der Waals surface area contributed by atoms with Crippen LogP contribution in [-0.2, 0) is 0 Å². The smallest absolute Gasteiger partial charge is 0.254 e. The fraction of sp³-hybridized carbons (Fsp3) is 0.154. The Balaban J connectivity index is 1.43. The monoisotopic (exact) mass is 495 g/mol. The quantitative estimate of drug-likeness (QED) is 0.312. The number of halogens is 3. The molecule has 0 unspecified atom stereocenters. The molecule has 0 aliphatic carbocycles. The van der Waals surface area contributed by atoms with Crippen LogP contribution >= 0.6 is 34.8 Å². The number of pyridine rings is 1. The molecule has 1 fully saturated rings. The van der Waals surface area contributed by atoms with Crippen LogP contribution in [0.1, 0.15) is 10.4 Å². The Labute approximate surface area is 207 Å². The van der Waals surface area contributed by atoms with Crippen LogP contribution in [0.4, 0.5) is 5.69 Å². The zero-order valence-corrected chi connectivity index (χ0v) is 19.9. The maximum atomic E-state index is 13.6. The van der Waals surface area contributed by atoms with E-state index in [0.717, 1.165) is 27.8 Å². The fourth-order valence-corrected chi connectivity index (χ4v) is 4.65. The first-order valence-electron chi connectivity index (χ1n) is 10.6. The summed E-state index contributed by atoms with van der Waals surface area (Å²) in [7, 11) is 0. The molecule has 0 radical (unpaired) electrons. The first-order valence-corrected chi connectivity index (χ1v) is 11.8. The van der Waals surface area contributed by atoms with Gasteiger partial charge in [0.25, 0.3) is 5.91 Å². The maximum absolute atomic E-state index is 13.6. The van der Waals surface area contributed by atoms with Crippen molar-refractivity contribution in [2.45, 2.75) is 0 Å². The number of carbonyl (C=O) groups excluding carboxylic acids is 1. The van der Waals surface area contributed by atoms with Gasteiger partial charge in [-0.3, -0.25) is 4.79 Å². The van der Waals surface area contributed by atoms with E-state index in [1.54, 1.807) is 6.07 Å². The molecule has 0 spiro atoms. The summed E-state index contributed by atoms with van der Waals surface area (Å²) in [4.78, 5) is 22.5. The number of amides is 1. The van der Waals surface area contributed by atoms with Gasteiger partial charge in [0, 0.05) is 47.8 Å². The highest BCUT2D eigenvalue weighted by Gasteiger charge is 2.25. The van der Waals surface area contributed by atoms with E-state index in [1.165, 1.54) is 0 Å². The molecular formula is C26H20Cl3N3O. The van der Waals surface area contributed by atoms with E-state index < -0.39 is 0 Å². The lowest BCUT2D eigenvalue weighted by Crippen LogP contribution is -2.48. The molecule has 3 aromatic carbocycles. The van der Waals surface area contributed by atoms with Crippen molar-refractivity contribution in [3.8, 4) is 11.3 Å². The SMILES string of the molecule is O=C(c1cc(-c2cccc(Cl)c2)nc2ccccc12)N1CCN(c2ccc(Cl)c(Cl)c2)CC1. The number of benzene rings is 3. The summed E-state index contributed by atoms with van der Waals surface area (Å²) in [5.74, 6) is 0.00525. The van der Waals surface area contributed by atoms with Crippen LogP contribution in [0, 0.1) is 0 Å². The lowest BCUT2D eigenvalue weighted by Gasteiger charge is -2.36. The average molecular weight is 497 g/mol. The van der Waals surface area contributed by atoms with Crippen LogP contribution in [0.15, 0.2) is 72.8 Å². The molecule has 4 aromatic rings. The fourth-order valence-electron chi connectivity index (χ4n) is 4.17. The highest BCUT2D eigenvalue weighted by Crippen LogP contribution is 2.30. The van der Waals surface area contributed by atoms with Gasteiger partial charge in [0.05, 0.1) is 26.8 Å². The standard InChI is InChI=1S/C26H20Cl3N3O/c27-18-5-3-4-17(14-18)25-16-21(20-6-1-2-7-24(20)30-25)26(33)32-12-10-31(11-13-32)19-8-9-22(28)23(29)15-19/h1-9,14-16H,10-13H2. The van der Waals surface area contributed by atoms with Crippen molar-refractivity contribution in [3.63, 3.8) is 0 Å². The largest absolute Gasteiger partial charge is 0.368 e. The molecule has 166 valence electrons. The van der Waals surface area contributed by atoms with E-state index in [0.29, 0.717) is 46.8 Å². The zero-order chi connectivity index (χ0) is 22.9. The van der Waals surface area contributed by atoms with Crippen molar-refractivity contribution in [1.82, 2.24) is 9.88 Å². The summed E-state index contributed by atoms with van der Waals surface area (Å²) in [5.41, 5.74) is 4.06. The van der Waals surface area contributed by atoms with Crippen molar-refractivity contribution in [3.05, 3.63) is 93.4 Å². The first-order chi connectivity index (χ1) is 16.0. The van der Waals surface area contributed by atoms with Gasteiger partial charge in [-0.25, -0.2) is 4.98 Å². The van der Waals surface area contributed by atoms with E-state index in [-0.39, 0.29) is 5.91 Å². The third kappa shape index (κ3) is 4.51. The zero-order valence-electron chi connectivity index (χ0n) is 17.6. The van der Waals surface area contributed by atoms with Crippen LogP contribution in [0.5, 0.6) is 0 Å². The second-order valence-corrected chi connectivity index (χ2v) is 9.21. The first kappa shape index (κ1) is 22.0. The molecule has 0 bridgehead atoms. The molecule has 7 heteroatoms. The van der Waals surface area contributed by atoms with Crippen molar-refractivity contribution in [1.29, 1.82) is 0 Å². The molecule has 1 saturated heterocycles. The average Bonchev–Trinajstić information content (AvgIpc) is 2.85. The molecule has 1 aliphatic rings. The number of aromatic nitrogens is 1. The highest BCUT2D eigenvalue weighted by atomic mass is 35.5. The van der Waals surface area contributed by atoms with Crippen molar-refractivity contribution >= 4 is 57.3 Å². The van der Waals surface area contributed by atoms with Gasteiger partial charge in [0.15, 0.2) is 0 Å². The van der Waals surface area contributed by atoms with Gasteiger partial charge < -0.3 is 9.80 Å². The Kier molecular flexibility index (Phi) is 6.15. The molecule has 4 nitrogen and oxygen atoms in total. The Hall–Kier alpha value is -2.79. The number of fused-ring (bicyclic) bond motifs is 1. The number of hydrogen-bond acceptors (Lipinski definition) is 3. The molecule has 33 heavy (non-hydrogen) atoms. The van der Waals surface area contributed by atoms with Gasteiger partial charge in [-0.1, -0.05) is 65.1 Å². The summed E-state index contributed by atoms with van der Waals surface area (Å²) >= 11 is 18.4. The number of nitrogens with zero attached hydrogens (tertiary/aromatic N) is 3. The Bertz CT molecular complexity index is 1350. The maximum Gasteiger partial charge on any atom is 0.254 e. The summed E-state index contributed by atoms with van der Waals surface area (Å²) in [6.45, 7) is 2.66. The lowest BCUT2D eigenvalue weighted by molar-refractivity contribution is 0.0748. The van der Waals surface area contributed by atoms with Crippen LogP contribution in [-0.4, -0.2) is 42.0 Å². The minimum absolute atomic E-state index is 0.00525. The number of rotatable bonds is 3. The van der Waals surface area contributed by atoms with Crippen molar-refractivity contribution in [2.75, 3.05) is 31.1 Å². The predicted molar refractivity (Wildman–Crippen MR) is 137 cm³/mol. The molecule has 0 atom stereocenters. The lowest BCUT2D eigenvalue weighted by atomic mass is 10.0. The normalized spacial score (nSPS) is 14.0. The van der Waals surface area contributed by atoms with Gasteiger partial charge in [-0.05, 0) is 42.5 Å². The molecule has 1 amide bonds. The molecular weight excluding hydrogens is 477 g/mol. The van der Waals surface area contributed by atoms with E-state index in [9.17, 15) is 4.79 Å². The van der Waals surface area contributed by atoms with Crippen LogP contribution < -0.4 is 4.90 Å². The van der Waals surface area contributed by atoms with Crippen LogP contribution in [0.2, 0.25) is 15.1 Å². The molecule has 0 saturated carbocycles. The molecule has 1 aliphatic heterocycles. The number of hydrogen-bond donors (Lipinski definition) is 0. The minimum Gasteiger partial charge on any atom is -0.368 e. The number of piperazine rings is 1. The summed E-state index contributed by atoms with van der Waals surface area (Å²) < 4.78 is 0. The number of carbonyl (C=O) groups is 1. The third-order valence-electron chi connectivity index (χ3n) is 5.90. The number of para-hydroxylation sites is 1. The Morgan fingerprint density at radius 2 is 1.58 bits per heavy atom. The second-order valence-electron chi connectivity index (χ2n) is 7.96. The molecule has 2 heterocycles. The van der Waals surface area contributed by atoms with Crippen LogP contribution in [0.3, 0.4) is 0 Å². The van der Waals surface area contributed by atoms with E-state index in [1.807, 2.05) is 71.6 Å². The van der Waals surface area contributed by atoms with Crippen molar-refractivity contribution < 1.29 is 4.79 Å². The third-order valence-corrected chi connectivity index (χ3v) is 6.88. The van der Waals surface area contributed by atoms with Gasteiger partial charge in [0.1, 0.15) is 0 Å². The highest BCUT2D eigenvalue weighted by molar-refractivity contribution is 6.42. The Morgan fingerprint density at radius 1 is 0.788 bits per heavy atom. The van der Waals surface area contributed by atoms with E-state index in [2.05, 4.69) is 4.90 Å². The topological polar surface area (TPSA) is 36.4 Å². The predicted octanol–water partition coefficient (Wildman–Crippen LogP) is 6.82. The van der Waals surface area contributed by atoms with Gasteiger partial charge >= 0.3 is 0 Å². The summed E-state index contributed by atoms with van der Waals surface area (Å²) in [6.07, 6.45) is 0. The minimum atomic E-state index is 0.00525.